The lowest BCUT2D eigenvalue weighted by Crippen LogP contribution is -2.22. The summed E-state index contributed by atoms with van der Waals surface area (Å²) in [6.45, 7) is 3.70. The Morgan fingerprint density at radius 1 is 1.31 bits per heavy atom. The summed E-state index contributed by atoms with van der Waals surface area (Å²) in [5.41, 5.74) is 1.72. The Morgan fingerprint density at radius 2 is 1.81 bits per heavy atom. The van der Waals surface area contributed by atoms with Crippen LogP contribution in [0, 0.1) is 13.8 Å². The molecule has 1 unspecified atom stereocenters. The van der Waals surface area contributed by atoms with Crippen molar-refractivity contribution in [3.8, 4) is 5.75 Å². The zero-order valence-electron chi connectivity index (χ0n) is 9.79. The molecule has 1 rings (SSSR count). The molecule has 0 heterocycles. The van der Waals surface area contributed by atoms with Gasteiger partial charge in [-0.1, -0.05) is 0 Å². The van der Waals surface area contributed by atoms with Crippen LogP contribution in [0.15, 0.2) is 17.0 Å². The van der Waals surface area contributed by atoms with Gasteiger partial charge in [0.25, 0.3) is 0 Å². The lowest BCUT2D eigenvalue weighted by molar-refractivity contribution is 0.203. The highest BCUT2D eigenvalue weighted by Crippen LogP contribution is 2.24. The van der Waals surface area contributed by atoms with Crippen molar-refractivity contribution in [2.24, 2.45) is 0 Å². The van der Waals surface area contributed by atoms with Crippen LogP contribution in [-0.4, -0.2) is 23.6 Å². The Bertz CT molecular complexity index is 420. The van der Waals surface area contributed by atoms with Crippen molar-refractivity contribution in [3.63, 3.8) is 0 Å². The molecule has 0 saturated heterocycles. The first-order valence-electron chi connectivity index (χ1n) is 4.80. The van der Waals surface area contributed by atoms with Gasteiger partial charge in [0.15, 0.2) is 0 Å². The molecule has 4 nitrogen and oxygen atoms in total. The molecule has 16 heavy (non-hydrogen) atoms. The van der Waals surface area contributed by atoms with Crippen LogP contribution >= 0.6 is 0 Å². The van der Waals surface area contributed by atoms with Crippen LogP contribution in [0.5, 0.6) is 5.75 Å². The van der Waals surface area contributed by atoms with E-state index in [9.17, 15) is 9.00 Å². The first-order valence-corrected chi connectivity index (χ1v) is 6.35. The molecule has 0 saturated carbocycles. The number of carbonyl (C=O) groups excluding carboxylic acids is 1. The zero-order valence-corrected chi connectivity index (χ0v) is 10.6. The number of hydrogen-bond acceptors (Lipinski definition) is 3. The molecule has 1 aromatic carbocycles. The van der Waals surface area contributed by atoms with Crippen molar-refractivity contribution in [1.29, 1.82) is 0 Å². The number of hydrogen-bond donors (Lipinski definition) is 1. The summed E-state index contributed by atoms with van der Waals surface area (Å²) >= 11 is 0. The predicted octanol–water partition coefficient (Wildman–Crippen LogP) is 1.76. The van der Waals surface area contributed by atoms with Gasteiger partial charge in [-0.15, -0.1) is 0 Å². The van der Waals surface area contributed by atoms with Crippen molar-refractivity contribution in [2.45, 2.75) is 18.7 Å². The number of carbonyl (C=O) groups is 1. The summed E-state index contributed by atoms with van der Waals surface area (Å²) in [6.07, 6.45) is 1.12. The van der Waals surface area contributed by atoms with Gasteiger partial charge in [-0.25, -0.2) is 4.79 Å². The molecule has 5 heteroatoms. The molecule has 0 aliphatic rings. The third kappa shape index (κ3) is 2.82. The minimum absolute atomic E-state index is 0.462. The SMILES string of the molecule is CNC(=O)Oc1cc(C)c(S(C)=O)c(C)c1. The quantitative estimate of drug-likeness (QED) is 0.858. The standard InChI is InChI=1S/C11H15NO3S/c1-7-5-9(15-11(13)12-3)6-8(2)10(7)16(4)14/h5-6H,1-4H3,(H,12,13). The van der Waals surface area contributed by atoms with Gasteiger partial charge in [0, 0.05) is 18.2 Å². The highest BCUT2D eigenvalue weighted by atomic mass is 32.2. The van der Waals surface area contributed by atoms with Gasteiger partial charge in [0.1, 0.15) is 5.75 Å². The molecule has 0 bridgehead atoms. The highest BCUT2D eigenvalue weighted by molar-refractivity contribution is 7.84. The van der Waals surface area contributed by atoms with E-state index < -0.39 is 16.9 Å². The van der Waals surface area contributed by atoms with Crippen LogP contribution in [0.1, 0.15) is 11.1 Å². The molecule has 0 fully saturated rings. The molecule has 1 N–H and O–H groups in total. The second kappa shape index (κ2) is 5.12. The van der Waals surface area contributed by atoms with Crippen molar-refractivity contribution < 1.29 is 13.7 Å². The summed E-state index contributed by atoms with van der Waals surface area (Å²) in [7, 11) is 0.467. The van der Waals surface area contributed by atoms with E-state index in [1.807, 2.05) is 13.8 Å². The Morgan fingerprint density at radius 3 is 2.19 bits per heavy atom. The molecule has 1 amide bonds. The van der Waals surface area contributed by atoms with E-state index in [0.717, 1.165) is 16.0 Å². The summed E-state index contributed by atoms with van der Waals surface area (Å²) in [6, 6.07) is 3.41. The zero-order chi connectivity index (χ0) is 12.3. The average Bonchev–Trinajstić information content (AvgIpc) is 2.15. The van der Waals surface area contributed by atoms with Crippen molar-refractivity contribution in [1.82, 2.24) is 5.32 Å². The molecule has 1 aromatic rings. The smallest absolute Gasteiger partial charge is 0.410 e. The van der Waals surface area contributed by atoms with Gasteiger partial charge in [-0.2, -0.15) is 0 Å². The number of nitrogens with one attached hydrogen (secondary N) is 1. The van der Waals surface area contributed by atoms with E-state index in [1.165, 1.54) is 7.05 Å². The van der Waals surface area contributed by atoms with Gasteiger partial charge < -0.3 is 10.1 Å². The largest absolute Gasteiger partial charge is 0.412 e. The second-order valence-electron chi connectivity index (χ2n) is 3.48. The van der Waals surface area contributed by atoms with Crippen molar-refractivity contribution in [3.05, 3.63) is 23.3 Å². The van der Waals surface area contributed by atoms with Crippen molar-refractivity contribution >= 4 is 16.9 Å². The molecule has 88 valence electrons. The molecular formula is C11H15NO3S. The lowest BCUT2D eigenvalue weighted by Gasteiger charge is -2.10. The molecule has 0 radical (unpaired) electrons. The van der Waals surface area contributed by atoms with E-state index in [2.05, 4.69) is 5.32 Å². The molecule has 1 atom stereocenters. The Labute approximate surface area is 97.5 Å². The van der Waals surface area contributed by atoms with Crippen LogP contribution in [0.2, 0.25) is 0 Å². The Balaban J connectivity index is 3.10. The van der Waals surface area contributed by atoms with Gasteiger partial charge in [0.2, 0.25) is 0 Å². The third-order valence-corrected chi connectivity index (χ3v) is 3.35. The first kappa shape index (κ1) is 12.7. The molecule has 0 aromatic heterocycles. The topological polar surface area (TPSA) is 55.4 Å². The average molecular weight is 241 g/mol. The highest BCUT2D eigenvalue weighted by Gasteiger charge is 2.10. The summed E-state index contributed by atoms with van der Waals surface area (Å²) < 4.78 is 16.5. The molecular weight excluding hydrogens is 226 g/mol. The predicted molar refractivity (Wildman–Crippen MR) is 63.3 cm³/mol. The molecule has 0 aliphatic carbocycles. The lowest BCUT2D eigenvalue weighted by atomic mass is 10.1. The van der Waals surface area contributed by atoms with E-state index in [-0.39, 0.29) is 0 Å². The Kier molecular flexibility index (Phi) is 4.06. The Hall–Kier alpha value is -1.36. The summed E-state index contributed by atoms with van der Waals surface area (Å²) in [5, 5.41) is 2.37. The molecule has 0 spiro atoms. The van der Waals surface area contributed by atoms with Crippen LogP contribution < -0.4 is 10.1 Å². The van der Waals surface area contributed by atoms with E-state index in [1.54, 1.807) is 18.4 Å². The summed E-state index contributed by atoms with van der Waals surface area (Å²) in [5.74, 6) is 0.462. The second-order valence-corrected chi connectivity index (χ2v) is 4.80. The van der Waals surface area contributed by atoms with E-state index >= 15 is 0 Å². The van der Waals surface area contributed by atoms with Gasteiger partial charge in [-0.3, -0.25) is 4.21 Å². The van der Waals surface area contributed by atoms with E-state index in [0.29, 0.717) is 5.75 Å². The van der Waals surface area contributed by atoms with Crippen LogP contribution in [0.3, 0.4) is 0 Å². The minimum Gasteiger partial charge on any atom is -0.410 e. The maximum absolute atomic E-state index is 11.5. The fraction of sp³-hybridized carbons (Fsp3) is 0.364. The van der Waals surface area contributed by atoms with Crippen LogP contribution in [0.4, 0.5) is 4.79 Å². The third-order valence-electron chi connectivity index (χ3n) is 2.14. The van der Waals surface area contributed by atoms with Gasteiger partial charge in [-0.05, 0) is 37.1 Å². The van der Waals surface area contributed by atoms with Gasteiger partial charge >= 0.3 is 6.09 Å². The number of rotatable bonds is 2. The van der Waals surface area contributed by atoms with Crippen LogP contribution in [-0.2, 0) is 10.8 Å². The number of ether oxygens (including phenoxy) is 1. The minimum atomic E-state index is -1.03. The first-order chi connectivity index (χ1) is 7.45. The van der Waals surface area contributed by atoms with E-state index in [4.69, 9.17) is 4.74 Å². The summed E-state index contributed by atoms with van der Waals surface area (Å²) in [4.78, 5) is 11.8. The van der Waals surface area contributed by atoms with Gasteiger partial charge in [0.05, 0.1) is 10.8 Å². The fourth-order valence-corrected chi connectivity index (χ4v) is 2.61. The number of benzene rings is 1. The van der Waals surface area contributed by atoms with Crippen molar-refractivity contribution in [2.75, 3.05) is 13.3 Å². The van der Waals surface area contributed by atoms with Crippen LogP contribution in [0.25, 0.3) is 0 Å². The normalized spacial score (nSPS) is 12.0. The maximum Gasteiger partial charge on any atom is 0.412 e. The molecule has 0 aliphatic heterocycles. The number of aryl methyl sites for hydroxylation is 2. The maximum atomic E-state index is 11.5. The fourth-order valence-electron chi connectivity index (χ4n) is 1.58. The number of amides is 1. The monoisotopic (exact) mass is 241 g/mol.